The lowest BCUT2D eigenvalue weighted by Crippen LogP contribution is -2.48. The van der Waals surface area contributed by atoms with E-state index >= 15 is 0 Å². The third kappa shape index (κ3) is 4.47. The number of carbonyl (C=O) groups is 2. The van der Waals surface area contributed by atoms with Crippen molar-refractivity contribution in [2.24, 2.45) is 17.6 Å². The van der Waals surface area contributed by atoms with Crippen molar-refractivity contribution in [2.45, 2.75) is 69.7 Å². The molecule has 5 nitrogen and oxygen atoms in total. The molecule has 1 aliphatic heterocycles. The summed E-state index contributed by atoms with van der Waals surface area (Å²) in [6, 6.07) is 4.58. The molecule has 4 rings (SSSR count). The molecule has 1 aromatic carbocycles. The van der Waals surface area contributed by atoms with Crippen LogP contribution >= 0.6 is 0 Å². The van der Waals surface area contributed by atoms with E-state index in [1.54, 1.807) is 13.0 Å². The minimum absolute atomic E-state index is 0.00802. The van der Waals surface area contributed by atoms with E-state index in [0.717, 1.165) is 24.9 Å². The predicted molar refractivity (Wildman–Crippen MR) is 115 cm³/mol. The number of hydrogen-bond donors (Lipinski definition) is 2. The third-order valence-corrected chi connectivity index (χ3v) is 7.24. The molecule has 163 valence electrons. The molecule has 3 aliphatic rings. The van der Waals surface area contributed by atoms with Crippen molar-refractivity contribution >= 4 is 17.5 Å². The molecular weight excluding hydrogens is 381 g/mol. The van der Waals surface area contributed by atoms with Crippen LogP contribution in [0.15, 0.2) is 18.2 Å². The van der Waals surface area contributed by atoms with Crippen molar-refractivity contribution in [1.82, 2.24) is 5.32 Å². The first-order valence-electron chi connectivity index (χ1n) is 11.4. The predicted octanol–water partition coefficient (Wildman–Crippen LogP) is 3.46. The molecule has 0 aromatic heterocycles. The van der Waals surface area contributed by atoms with Gasteiger partial charge >= 0.3 is 0 Å². The van der Waals surface area contributed by atoms with Crippen LogP contribution in [0.3, 0.4) is 0 Å². The zero-order chi connectivity index (χ0) is 21.3. The lowest BCUT2D eigenvalue weighted by molar-refractivity contribution is -0.122. The molecule has 1 radical (unpaired) electrons. The number of primary amides is 1. The Kier molecular flexibility index (Phi) is 6.03. The highest BCUT2D eigenvalue weighted by molar-refractivity contribution is 5.91. The summed E-state index contributed by atoms with van der Waals surface area (Å²) in [5.74, 6) is 0.285. The Morgan fingerprint density at radius 1 is 1.27 bits per heavy atom. The van der Waals surface area contributed by atoms with Gasteiger partial charge in [0.05, 0.1) is 5.41 Å². The quantitative estimate of drug-likeness (QED) is 0.684. The molecule has 1 unspecified atom stereocenters. The summed E-state index contributed by atoms with van der Waals surface area (Å²) < 4.78 is 13.9. The van der Waals surface area contributed by atoms with E-state index < -0.39 is 11.3 Å². The Bertz CT molecular complexity index is 804. The molecule has 6 heteroatoms. The summed E-state index contributed by atoms with van der Waals surface area (Å²) in [5, 5.41) is 3.22. The minimum Gasteiger partial charge on any atom is -0.369 e. The van der Waals surface area contributed by atoms with Crippen LogP contribution in [0.25, 0.3) is 0 Å². The van der Waals surface area contributed by atoms with E-state index in [1.807, 2.05) is 6.42 Å². The lowest BCUT2D eigenvalue weighted by atomic mass is 9.84. The molecular formula is C24H33FN3O2. The molecule has 1 aromatic rings. The number of amides is 2. The second-order valence-electron chi connectivity index (χ2n) is 9.63. The highest BCUT2D eigenvalue weighted by Crippen LogP contribution is 2.42. The Balaban J connectivity index is 1.41. The SMILES string of the molecule is CC1(C(N)=O)CN(C[C@@H](NC(=O)[CH]CC2CCCCC2)C2CC2)c2ccc(F)cc21. The van der Waals surface area contributed by atoms with Gasteiger partial charge in [0.2, 0.25) is 11.8 Å². The van der Waals surface area contributed by atoms with E-state index in [2.05, 4.69) is 10.2 Å². The van der Waals surface area contributed by atoms with Gasteiger partial charge in [0.15, 0.2) is 0 Å². The lowest BCUT2D eigenvalue weighted by Gasteiger charge is -2.29. The molecule has 0 saturated heterocycles. The Hall–Kier alpha value is -2.11. The summed E-state index contributed by atoms with van der Waals surface area (Å²) in [6.07, 6.45) is 11.2. The number of nitrogens with one attached hydrogen (secondary N) is 1. The molecule has 30 heavy (non-hydrogen) atoms. The number of rotatable bonds is 8. The van der Waals surface area contributed by atoms with Gasteiger partial charge in [0.25, 0.3) is 0 Å². The van der Waals surface area contributed by atoms with Crippen LogP contribution in [0.1, 0.15) is 63.9 Å². The number of nitrogens with zero attached hydrogens (tertiary/aromatic N) is 1. The van der Waals surface area contributed by atoms with Gasteiger partial charge in [0, 0.05) is 31.2 Å². The summed E-state index contributed by atoms with van der Waals surface area (Å²) in [7, 11) is 0. The van der Waals surface area contributed by atoms with Gasteiger partial charge in [-0.05, 0) is 61.8 Å². The first-order valence-corrected chi connectivity index (χ1v) is 11.4. The van der Waals surface area contributed by atoms with Crippen molar-refractivity contribution < 1.29 is 14.0 Å². The van der Waals surface area contributed by atoms with E-state index in [9.17, 15) is 14.0 Å². The molecule has 2 aliphatic carbocycles. The largest absolute Gasteiger partial charge is 0.369 e. The van der Waals surface area contributed by atoms with Crippen LogP contribution in [0.4, 0.5) is 10.1 Å². The number of halogens is 1. The van der Waals surface area contributed by atoms with Gasteiger partial charge in [-0.15, -0.1) is 0 Å². The number of benzene rings is 1. The number of carbonyl (C=O) groups excluding carboxylic acids is 2. The molecule has 2 fully saturated rings. The monoisotopic (exact) mass is 414 g/mol. The molecule has 2 saturated carbocycles. The third-order valence-electron chi connectivity index (χ3n) is 7.24. The van der Waals surface area contributed by atoms with Crippen molar-refractivity contribution in [3.8, 4) is 0 Å². The standard InChI is InChI=1S/C24H33FN3O2/c1-24(23(26)30)15-28(21-11-10-18(25)13-19(21)24)14-20(17-8-9-17)27-22(29)12-7-16-5-3-2-4-6-16/h10-13,16-17,20H,2-9,14-15H2,1H3,(H2,26,30)(H,27,29)/t20-,24?/m1/s1. The van der Waals surface area contributed by atoms with Crippen LogP contribution in [0.2, 0.25) is 0 Å². The molecule has 0 bridgehead atoms. The number of nitrogens with two attached hydrogens (primary N) is 1. The maximum Gasteiger partial charge on any atom is 0.229 e. The van der Waals surface area contributed by atoms with Gasteiger partial charge in [-0.25, -0.2) is 4.39 Å². The van der Waals surface area contributed by atoms with Gasteiger partial charge < -0.3 is 16.0 Å². The normalized spacial score (nSPS) is 25.1. The summed E-state index contributed by atoms with van der Waals surface area (Å²) >= 11 is 0. The molecule has 2 amide bonds. The van der Waals surface area contributed by atoms with Crippen molar-refractivity contribution in [2.75, 3.05) is 18.0 Å². The van der Waals surface area contributed by atoms with Gasteiger partial charge in [-0.3, -0.25) is 9.59 Å². The Morgan fingerprint density at radius 2 is 2.00 bits per heavy atom. The van der Waals surface area contributed by atoms with Crippen molar-refractivity contribution in [3.05, 3.63) is 36.0 Å². The van der Waals surface area contributed by atoms with E-state index in [-0.39, 0.29) is 17.8 Å². The maximum absolute atomic E-state index is 13.9. The van der Waals surface area contributed by atoms with Gasteiger partial charge in [-0.1, -0.05) is 32.1 Å². The fourth-order valence-corrected chi connectivity index (χ4v) is 5.14. The minimum atomic E-state index is -0.928. The molecule has 1 heterocycles. The number of fused-ring (bicyclic) bond motifs is 1. The second kappa shape index (κ2) is 8.56. The van der Waals surface area contributed by atoms with Crippen molar-refractivity contribution in [3.63, 3.8) is 0 Å². The number of anilines is 1. The summed E-state index contributed by atoms with van der Waals surface area (Å²) in [5.41, 5.74) is 6.24. The van der Waals surface area contributed by atoms with Crippen LogP contribution in [0.5, 0.6) is 0 Å². The summed E-state index contributed by atoms with van der Waals surface area (Å²) in [6.45, 7) is 2.79. The van der Waals surface area contributed by atoms with E-state index in [1.165, 1.54) is 44.2 Å². The highest BCUT2D eigenvalue weighted by Gasteiger charge is 2.45. The molecule has 2 atom stereocenters. The van der Waals surface area contributed by atoms with Crippen LogP contribution < -0.4 is 16.0 Å². The van der Waals surface area contributed by atoms with E-state index in [4.69, 9.17) is 5.73 Å². The van der Waals surface area contributed by atoms with Crippen LogP contribution in [-0.4, -0.2) is 30.9 Å². The number of hydrogen-bond acceptors (Lipinski definition) is 3. The molecule has 3 N–H and O–H groups in total. The highest BCUT2D eigenvalue weighted by atomic mass is 19.1. The Morgan fingerprint density at radius 3 is 2.67 bits per heavy atom. The smallest absolute Gasteiger partial charge is 0.229 e. The summed E-state index contributed by atoms with van der Waals surface area (Å²) in [4.78, 5) is 26.9. The zero-order valence-electron chi connectivity index (χ0n) is 17.8. The van der Waals surface area contributed by atoms with Crippen LogP contribution in [-0.2, 0) is 15.0 Å². The second-order valence-corrected chi connectivity index (χ2v) is 9.63. The first-order chi connectivity index (χ1) is 14.4. The van der Waals surface area contributed by atoms with Crippen LogP contribution in [0, 0.1) is 24.1 Å². The average molecular weight is 415 g/mol. The first kappa shape index (κ1) is 21.1. The Labute approximate surface area is 178 Å². The zero-order valence-corrected chi connectivity index (χ0v) is 17.8. The fourth-order valence-electron chi connectivity index (χ4n) is 5.14. The van der Waals surface area contributed by atoms with Crippen molar-refractivity contribution in [1.29, 1.82) is 0 Å². The van der Waals surface area contributed by atoms with Gasteiger partial charge in [0.1, 0.15) is 5.82 Å². The maximum atomic E-state index is 13.9. The average Bonchev–Trinajstić information content (AvgIpc) is 3.53. The van der Waals surface area contributed by atoms with Gasteiger partial charge in [-0.2, -0.15) is 0 Å². The van der Waals surface area contributed by atoms with E-state index in [0.29, 0.717) is 30.5 Å². The fraction of sp³-hybridized carbons (Fsp3) is 0.625. The topological polar surface area (TPSA) is 75.4 Å². The molecule has 0 spiro atoms.